The van der Waals surface area contributed by atoms with Gasteiger partial charge in [-0.15, -0.1) is 10.2 Å². The van der Waals surface area contributed by atoms with Crippen LogP contribution in [0.5, 0.6) is 0 Å². The van der Waals surface area contributed by atoms with Crippen molar-refractivity contribution in [3.8, 4) is 0 Å². The van der Waals surface area contributed by atoms with E-state index in [1.165, 1.54) is 27.6 Å². The molecule has 1 aliphatic rings. The summed E-state index contributed by atoms with van der Waals surface area (Å²) >= 11 is 1.46. The molecule has 118 valence electrons. The second-order valence-corrected chi connectivity index (χ2v) is 6.69. The minimum absolute atomic E-state index is 0.323. The number of nitrogen functional groups attached to an aromatic ring is 1. The molecule has 0 spiro atoms. The van der Waals surface area contributed by atoms with Gasteiger partial charge in [-0.25, -0.2) is 9.47 Å². The molecule has 0 bridgehead atoms. The maximum atomic E-state index is 11.9. The highest BCUT2D eigenvalue weighted by atomic mass is 32.2. The third-order valence-corrected chi connectivity index (χ3v) is 5.23. The Morgan fingerprint density at radius 3 is 2.78 bits per heavy atom. The van der Waals surface area contributed by atoms with E-state index in [1.54, 1.807) is 13.0 Å². The molecule has 0 unspecified atom stereocenters. The molecule has 4 rings (SSSR count). The molecule has 2 aromatic heterocycles. The fourth-order valence-corrected chi connectivity index (χ4v) is 3.90. The van der Waals surface area contributed by atoms with Gasteiger partial charge in [-0.1, -0.05) is 11.8 Å². The number of benzene rings is 1. The molecular weight excluding hydrogens is 312 g/mol. The van der Waals surface area contributed by atoms with Crippen molar-refractivity contribution in [2.45, 2.75) is 37.1 Å². The molecule has 0 saturated carbocycles. The SMILES string of the molecule is Cc1nnc(SCc2cc(=O)oc3cc4c(cc23)CCC4)n1N. The molecule has 3 aromatic rings. The van der Waals surface area contributed by atoms with Crippen LogP contribution < -0.4 is 11.5 Å². The highest BCUT2D eigenvalue weighted by Crippen LogP contribution is 2.30. The lowest BCUT2D eigenvalue weighted by Gasteiger charge is -2.07. The molecule has 7 heteroatoms. The Labute approximate surface area is 136 Å². The fraction of sp³-hybridized carbons (Fsp3) is 0.312. The average molecular weight is 328 g/mol. The van der Waals surface area contributed by atoms with Gasteiger partial charge in [0.15, 0.2) is 0 Å². The van der Waals surface area contributed by atoms with Gasteiger partial charge in [0.2, 0.25) is 5.16 Å². The van der Waals surface area contributed by atoms with Gasteiger partial charge in [0.05, 0.1) is 0 Å². The van der Waals surface area contributed by atoms with Crippen molar-refractivity contribution in [1.82, 2.24) is 14.9 Å². The van der Waals surface area contributed by atoms with Gasteiger partial charge in [0, 0.05) is 17.2 Å². The van der Waals surface area contributed by atoms with Gasteiger partial charge in [0.1, 0.15) is 11.4 Å². The lowest BCUT2D eigenvalue weighted by Crippen LogP contribution is -2.11. The Morgan fingerprint density at radius 1 is 1.26 bits per heavy atom. The molecule has 0 amide bonds. The number of nitrogens with two attached hydrogens (primary N) is 1. The van der Waals surface area contributed by atoms with Gasteiger partial charge in [0.25, 0.3) is 0 Å². The van der Waals surface area contributed by atoms with Crippen molar-refractivity contribution in [3.63, 3.8) is 0 Å². The largest absolute Gasteiger partial charge is 0.423 e. The third kappa shape index (κ3) is 2.50. The average Bonchev–Trinajstić information content (AvgIpc) is 3.10. The smallest absolute Gasteiger partial charge is 0.336 e. The van der Waals surface area contributed by atoms with E-state index in [4.69, 9.17) is 10.3 Å². The Bertz CT molecular complexity index is 961. The summed E-state index contributed by atoms with van der Waals surface area (Å²) in [7, 11) is 0. The molecule has 0 radical (unpaired) electrons. The van der Waals surface area contributed by atoms with E-state index < -0.39 is 0 Å². The molecule has 0 fully saturated rings. The van der Waals surface area contributed by atoms with Crippen molar-refractivity contribution in [1.29, 1.82) is 0 Å². The van der Waals surface area contributed by atoms with Crippen LogP contribution in [0.3, 0.4) is 0 Å². The predicted molar refractivity (Wildman–Crippen MR) is 89.0 cm³/mol. The first-order valence-corrected chi connectivity index (χ1v) is 8.49. The van der Waals surface area contributed by atoms with Crippen LogP contribution in [0.4, 0.5) is 0 Å². The molecule has 2 N–H and O–H groups in total. The highest BCUT2D eigenvalue weighted by Gasteiger charge is 2.16. The summed E-state index contributed by atoms with van der Waals surface area (Å²) < 4.78 is 6.84. The zero-order valence-corrected chi connectivity index (χ0v) is 13.5. The zero-order chi connectivity index (χ0) is 16.0. The number of hydrogen-bond acceptors (Lipinski definition) is 6. The quantitative estimate of drug-likeness (QED) is 0.450. The normalized spacial score (nSPS) is 13.6. The Kier molecular flexibility index (Phi) is 3.37. The van der Waals surface area contributed by atoms with Crippen molar-refractivity contribution in [2.24, 2.45) is 0 Å². The second-order valence-electron chi connectivity index (χ2n) is 5.75. The lowest BCUT2D eigenvalue weighted by atomic mass is 10.0. The number of aryl methyl sites for hydroxylation is 3. The van der Waals surface area contributed by atoms with E-state index in [-0.39, 0.29) is 5.63 Å². The molecule has 6 nitrogen and oxygen atoms in total. The molecule has 1 aliphatic carbocycles. The number of fused-ring (bicyclic) bond motifs is 2. The molecule has 2 heterocycles. The maximum Gasteiger partial charge on any atom is 0.336 e. The van der Waals surface area contributed by atoms with Crippen LogP contribution in [-0.4, -0.2) is 14.9 Å². The van der Waals surface area contributed by atoms with E-state index in [1.807, 2.05) is 6.07 Å². The van der Waals surface area contributed by atoms with Crippen LogP contribution in [0.15, 0.2) is 32.6 Å². The number of hydrogen-bond donors (Lipinski definition) is 1. The van der Waals surface area contributed by atoms with Crippen LogP contribution in [-0.2, 0) is 18.6 Å². The second kappa shape index (κ2) is 5.42. The van der Waals surface area contributed by atoms with E-state index >= 15 is 0 Å². The molecular formula is C16H16N4O2S. The summed E-state index contributed by atoms with van der Waals surface area (Å²) in [5.74, 6) is 7.12. The molecule has 1 aromatic carbocycles. The van der Waals surface area contributed by atoms with Crippen molar-refractivity contribution >= 4 is 22.7 Å². The van der Waals surface area contributed by atoms with Gasteiger partial charge < -0.3 is 10.3 Å². The summed E-state index contributed by atoms with van der Waals surface area (Å²) in [5, 5.41) is 9.61. The summed E-state index contributed by atoms with van der Waals surface area (Å²) in [4.78, 5) is 11.9. The number of nitrogens with zero attached hydrogens (tertiary/aromatic N) is 3. The molecule has 23 heavy (non-hydrogen) atoms. The lowest BCUT2D eigenvalue weighted by molar-refractivity contribution is 0.559. The molecule has 0 atom stereocenters. The van der Waals surface area contributed by atoms with E-state index in [0.29, 0.717) is 22.3 Å². The van der Waals surface area contributed by atoms with Crippen LogP contribution in [0.25, 0.3) is 11.0 Å². The monoisotopic (exact) mass is 328 g/mol. The van der Waals surface area contributed by atoms with E-state index in [2.05, 4.69) is 16.3 Å². The van der Waals surface area contributed by atoms with Gasteiger partial charge >= 0.3 is 5.63 Å². The predicted octanol–water partition coefficient (Wildman–Crippen LogP) is 2.19. The molecule has 0 aliphatic heterocycles. The third-order valence-electron chi connectivity index (χ3n) is 4.23. The Morgan fingerprint density at radius 2 is 2.04 bits per heavy atom. The fourth-order valence-electron chi connectivity index (χ4n) is 3.00. The topological polar surface area (TPSA) is 86.9 Å². The minimum Gasteiger partial charge on any atom is -0.423 e. The highest BCUT2D eigenvalue weighted by molar-refractivity contribution is 7.98. The van der Waals surface area contributed by atoms with Crippen molar-refractivity contribution < 1.29 is 4.42 Å². The summed E-state index contributed by atoms with van der Waals surface area (Å²) in [6.07, 6.45) is 3.31. The maximum absolute atomic E-state index is 11.9. The van der Waals surface area contributed by atoms with Crippen LogP contribution in [0.1, 0.15) is 28.9 Å². The first-order chi connectivity index (χ1) is 11.1. The van der Waals surface area contributed by atoms with Crippen molar-refractivity contribution in [2.75, 3.05) is 5.84 Å². The summed E-state index contributed by atoms with van der Waals surface area (Å²) in [6.45, 7) is 1.80. The van der Waals surface area contributed by atoms with Crippen molar-refractivity contribution in [3.05, 3.63) is 51.1 Å². The standard InChI is InChI=1S/C16H16N4O2S/c1-9-18-19-16(20(9)17)23-8-12-7-15(21)22-14-6-11-4-2-3-10(11)5-13(12)14/h5-7H,2-4,8,17H2,1H3. The zero-order valence-electron chi connectivity index (χ0n) is 12.7. The van der Waals surface area contributed by atoms with Gasteiger partial charge in [-0.3, -0.25) is 0 Å². The first kappa shape index (κ1) is 14.3. The Hall–Kier alpha value is -2.28. The summed E-state index contributed by atoms with van der Waals surface area (Å²) in [6, 6.07) is 5.73. The van der Waals surface area contributed by atoms with Crippen LogP contribution >= 0.6 is 11.8 Å². The Balaban J connectivity index is 1.74. The number of rotatable bonds is 3. The number of aromatic nitrogens is 3. The van der Waals surface area contributed by atoms with Crippen LogP contribution in [0, 0.1) is 6.92 Å². The van der Waals surface area contributed by atoms with Crippen LogP contribution in [0.2, 0.25) is 0 Å². The summed E-state index contributed by atoms with van der Waals surface area (Å²) in [5.41, 5.74) is 3.94. The van der Waals surface area contributed by atoms with E-state index in [0.717, 1.165) is 30.2 Å². The van der Waals surface area contributed by atoms with Gasteiger partial charge in [-0.2, -0.15) is 0 Å². The number of thioether (sulfide) groups is 1. The first-order valence-electron chi connectivity index (χ1n) is 7.50. The van der Waals surface area contributed by atoms with E-state index in [9.17, 15) is 4.79 Å². The molecule has 0 saturated heterocycles. The van der Waals surface area contributed by atoms with Gasteiger partial charge in [-0.05, 0) is 55.0 Å². The minimum atomic E-state index is -0.323.